The molecule has 0 saturated carbocycles. The van der Waals surface area contributed by atoms with Crippen LogP contribution in [-0.4, -0.2) is 55.7 Å². The van der Waals surface area contributed by atoms with Crippen LogP contribution in [0.25, 0.3) is 10.2 Å². The van der Waals surface area contributed by atoms with Crippen molar-refractivity contribution >= 4 is 45.0 Å². The molecule has 2 aromatic carbocycles. The highest BCUT2D eigenvalue weighted by atomic mass is 35.5. The highest BCUT2D eigenvalue weighted by molar-refractivity contribution is 7.22. The number of anilines is 1. The Hall–Kier alpha value is -2.35. The lowest BCUT2D eigenvalue weighted by atomic mass is 10.2. The van der Waals surface area contributed by atoms with Crippen molar-refractivity contribution in [2.45, 2.75) is 26.9 Å². The molecule has 0 bridgehead atoms. The summed E-state index contributed by atoms with van der Waals surface area (Å²) in [6.45, 7) is 7.81. The largest absolute Gasteiger partial charge is 0.494 e. The van der Waals surface area contributed by atoms with Gasteiger partial charge < -0.3 is 14.4 Å². The molecule has 1 aromatic heterocycles. The summed E-state index contributed by atoms with van der Waals surface area (Å²) in [6.07, 6.45) is 0.0902. The fourth-order valence-electron chi connectivity index (χ4n) is 2.95. The van der Waals surface area contributed by atoms with Crippen molar-refractivity contribution in [1.29, 1.82) is 0 Å². The van der Waals surface area contributed by atoms with Crippen molar-refractivity contribution in [3.05, 3.63) is 48.0 Å². The van der Waals surface area contributed by atoms with Gasteiger partial charge in [0, 0.05) is 18.7 Å². The molecule has 0 aliphatic carbocycles. The Bertz CT molecular complexity index is 989. The number of aromatic nitrogens is 1. The molecule has 0 aliphatic heterocycles. The summed E-state index contributed by atoms with van der Waals surface area (Å²) in [7, 11) is 3.99. The minimum atomic E-state index is -0.0722. The zero-order valence-electron chi connectivity index (χ0n) is 18.6. The number of halogens is 1. The van der Waals surface area contributed by atoms with Crippen LogP contribution in [0.5, 0.6) is 11.5 Å². The molecule has 168 valence electrons. The molecule has 0 N–H and O–H groups in total. The van der Waals surface area contributed by atoms with Crippen LogP contribution in [0.1, 0.15) is 31.1 Å². The Morgan fingerprint density at radius 1 is 1.06 bits per heavy atom. The Labute approximate surface area is 194 Å². The van der Waals surface area contributed by atoms with Gasteiger partial charge >= 0.3 is 0 Å². The first-order valence-corrected chi connectivity index (χ1v) is 11.0. The van der Waals surface area contributed by atoms with Gasteiger partial charge in [-0.1, -0.05) is 11.3 Å². The lowest BCUT2D eigenvalue weighted by molar-refractivity contribution is 0.0985. The van der Waals surface area contributed by atoms with Crippen LogP contribution in [0.3, 0.4) is 0 Å². The van der Waals surface area contributed by atoms with Gasteiger partial charge in [0.05, 0.1) is 22.9 Å². The predicted octanol–water partition coefficient (Wildman–Crippen LogP) is 5.11. The van der Waals surface area contributed by atoms with Gasteiger partial charge in [-0.2, -0.15) is 0 Å². The van der Waals surface area contributed by atoms with E-state index in [0.717, 1.165) is 28.3 Å². The van der Waals surface area contributed by atoms with Crippen molar-refractivity contribution in [2.24, 2.45) is 0 Å². The van der Waals surface area contributed by atoms with Crippen LogP contribution >= 0.6 is 23.7 Å². The molecule has 0 spiro atoms. The summed E-state index contributed by atoms with van der Waals surface area (Å²) in [6, 6.07) is 13.1. The summed E-state index contributed by atoms with van der Waals surface area (Å²) in [5, 5.41) is 0.688. The van der Waals surface area contributed by atoms with Gasteiger partial charge in [0.15, 0.2) is 5.13 Å². The van der Waals surface area contributed by atoms with Crippen molar-refractivity contribution in [1.82, 2.24) is 9.88 Å². The van der Waals surface area contributed by atoms with Crippen LogP contribution in [0, 0.1) is 0 Å². The van der Waals surface area contributed by atoms with Gasteiger partial charge in [0.2, 0.25) is 0 Å². The Morgan fingerprint density at radius 3 is 2.35 bits per heavy atom. The third kappa shape index (κ3) is 6.56. The van der Waals surface area contributed by atoms with E-state index in [9.17, 15) is 4.79 Å². The second kappa shape index (κ2) is 11.3. The Kier molecular flexibility index (Phi) is 9.10. The zero-order valence-corrected chi connectivity index (χ0v) is 20.3. The molecule has 3 rings (SSSR count). The zero-order chi connectivity index (χ0) is 21.7. The maximum atomic E-state index is 13.3. The van der Waals surface area contributed by atoms with E-state index in [0.29, 0.717) is 23.8 Å². The number of hydrogen-bond acceptors (Lipinski definition) is 6. The van der Waals surface area contributed by atoms with E-state index in [4.69, 9.17) is 14.5 Å². The number of thiazole rings is 1. The van der Waals surface area contributed by atoms with Crippen LogP contribution in [0.4, 0.5) is 5.13 Å². The van der Waals surface area contributed by atoms with E-state index in [2.05, 4.69) is 4.90 Å². The van der Waals surface area contributed by atoms with Crippen molar-refractivity contribution < 1.29 is 14.3 Å². The average Bonchev–Trinajstić information content (AvgIpc) is 3.11. The molecule has 1 amide bonds. The van der Waals surface area contributed by atoms with Gasteiger partial charge in [0.25, 0.3) is 5.91 Å². The number of carbonyl (C=O) groups excluding carboxylic acids is 1. The number of nitrogens with zero attached hydrogens (tertiary/aromatic N) is 3. The van der Waals surface area contributed by atoms with Crippen LogP contribution in [-0.2, 0) is 0 Å². The van der Waals surface area contributed by atoms with Gasteiger partial charge in [-0.15, -0.1) is 12.4 Å². The van der Waals surface area contributed by atoms with Gasteiger partial charge in [-0.25, -0.2) is 4.98 Å². The molecule has 8 heteroatoms. The van der Waals surface area contributed by atoms with E-state index in [-0.39, 0.29) is 24.4 Å². The van der Waals surface area contributed by atoms with Gasteiger partial charge in [0.1, 0.15) is 11.5 Å². The van der Waals surface area contributed by atoms with E-state index in [1.807, 2.05) is 77.3 Å². The summed E-state index contributed by atoms with van der Waals surface area (Å²) < 4.78 is 12.3. The van der Waals surface area contributed by atoms with Gasteiger partial charge in [-0.05, 0) is 77.3 Å². The fraction of sp³-hybridized carbons (Fsp3) is 0.391. The molecule has 1 heterocycles. The monoisotopic (exact) mass is 463 g/mol. The maximum Gasteiger partial charge on any atom is 0.260 e. The molecule has 0 saturated heterocycles. The minimum absolute atomic E-state index is 0. The number of amides is 1. The third-order valence-electron chi connectivity index (χ3n) is 4.38. The quantitative estimate of drug-likeness (QED) is 0.441. The topological polar surface area (TPSA) is 54.9 Å². The number of carbonyl (C=O) groups is 1. The predicted molar refractivity (Wildman–Crippen MR) is 130 cm³/mol. The number of benzene rings is 2. The standard InChI is InChI=1S/C23H29N3O3S.ClH/c1-6-28-19-11-12-20-21(15-19)30-23(24-20)26(14-13-25(4)5)22(27)17-7-9-18(10-8-17)29-16(2)3;/h7-12,15-16H,6,13-14H2,1-5H3;1H. The summed E-state index contributed by atoms with van der Waals surface area (Å²) in [4.78, 5) is 21.9. The van der Waals surface area contributed by atoms with E-state index in [1.54, 1.807) is 4.90 Å². The third-order valence-corrected chi connectivity index (χ3v) is 5.42. The normalized spacial score (nSPS) is 10.9. The number of likely N-dealkylation sites (N-methyl/N-ethyl adjacent to an activating group) is 1. The highest BCUT2D eigenvalue weighted by Crippen LogP contribution is 2.32. The first-order valence-electron chi connectivity index (χ1n) is 10.1. The fourth-order valence-corrected chi connectivity index (χ4v) is 3.97. The van der Waals surface area contributed by atoms with Crippen LogP contribution < -0.4 is 14.4 Å². The molecule has 3 aromatic rings. The second-order valence-electron chi connectivity index (χ2n) is 7.51. The van der Waals surface area contributed by atoms with E-state index in [1.165, 1.54) is 11.3 Å². The SMILES string of the molecule is CCOc1ccc2nc(N(CCN(C)C)C(=O)c3ccc(OC(C)C)cc3)sc2c1.Cl. The lowest BCUT2D eigenvalue weighted by Crippen LogP contribution is -2.36. The summed E-state index contributed by atoms with van der Waals surface area (Å²) in [5.74, 6) is 1.49. The van der Waals surface area contributed by atoms with E-state index < -0.39 is 0 Å². The first kappa shape index (κ1) is 24.9. The molecule has 0 radical (unpaired) electrons. The molecular formula is C23H30ClN3O3S. The summed E-state index contributed by atoms with van der Waals surface area (Å²) in [5.41, 5.74) is 1.47. The molecule has 0 unspecified atom stereocenters. The van der Waals surface area contributed by atoms with Crippen molar-refractivity contribution in [2.75, 3.05) is 38.7 Å². The Morgan fingerprint density at radius 2 is 1.74 bits per heavy atom. The highest BCUT2D eigenvalue weighted by Gasteiger charge is 2.22. The number of rotatable bonds is 9. The van der Waals surface area contributed by atoms with Crippen molar-refractivity contribution in [3.63, 3.8) is 0 Å². The van der Waals surface area contributed by atoms with Crippen LogP contribution in [0.2, 0.25) is 0 Å². The van der Waals surface area contributed by atoms with Crippen molar-refractivity contribution in [3.8, 4) is 11.5 Å². The first-order chi connectivity index (χ1) is 14.4. The van der Waals surface area contributed by atoms with E-state index >= 15 is 0 Å². The number of hydrogen-bond donors (Lipinski definition) is 0. The maximum absolute atomic E-state index is 13.3. The molecule has 0 aliphatic rings. The minimum Gasteiger partial charge on any atom is -0.494 e. The average molecular weight is 464 g/mol. The number of ether oxygens (including phenoxy) is 2. The second-order valence-corrected chi connectivity index (χ2v) is 8.52. The molecule has 0 fully saturated rings. The summed E-state index contributed by atoms with van der Waals surface area (Å²) >= 11 is 1.50. The molecular weight excluding hydrogens is 434 g/mol. The molecule has 6 nitrogen and oxygen atoms in total. The number of fused-ring (bicyclic) bond motifs is 1. The lowest BCUT2D eigenvalue weighted by Gasteiger charge is -2.22. The molecule has 31 heavy (non-hydrogen) atoms. The van der Waals surface area contributed by atoms with Crippen LogP contribution in [0.15, 0.2) is 42.5 Å². The Balaban J connectivity index is 0.00000341. The van der Waals surface area contributed by atoms with Gasteiger partial charge in [-0.3, -0.25) is 9.69 Å². The molecule has 0 atom stereocenters. The smallest absolute Gasteiger partial charge is 0.260 e.